The number of nitrogens with one attached hydrogen (secondary N) is 1. The predicted molar refractivity (Wildman–Crippen MR) is 73.2 cm³/mol. The molecule has 0 spiro atoms. The van der Waals surface area contributed by atoms with E-state index in [0.29, 0.717) is 17.3 Å². The van der Waals surface area contributed by atoms with E-state index in [1.807, 2.05) is 6.92 Å². The second-order valence-electron chi connectivity index (χ2n) is 3.96. The fraction of sp³-hybridized carbons (Fsp3) is 0.455. The summed E-state index contributed by atoms with van der Waals surface area (Å²) in [6, 6.07) is 0.404. The van der Waals surface area contributed by atoms with Crippen molar-refractivity contribution >= 4 is 33.4 Å². The quantitative estimate of drug-likeness (QED) is 0.587. The van der Waals surface area contributed by atoms with Gasteiger partial charge in [-0.3, -0.25) is 10.1 Å². The van der Waals surface area contributed by atoms with Crippen LogP contribution in [0.5, 0.6) is 0 Å². The highest BCUT2D eigenvalue weighted by Gasteiger charge is 2.23. The van der Waals surface area contributed by atoms with Crippen LogP contribution in [0.1, 0.15) is 26.2 Å². The fourth-order valence-electron chi connectivity index (χ4n) is 1.51. The number of carboxylic acid groups (broad SMARTS) is 1. The van der Waals surface area contributed by atoms with Crippen LogP contribution in [0.15, 0.2) is 16.7 Å². The molecule has 0 saturated carbocycles. The van der Waals surface area contributed by atoms with Crippen LogP contribution >= 0.6 is 15.9 Å². The molecule has 0 aliphatic rings. The lowest BCUT2D eigenvalue weighted by molar-refractivity contribution is -0.384. The van der Waals surface area contributed by atoms with Crippen LogP contribution in [-0.2, 0) is 4.79 Å². The third kappa shape index (κ3) is 4.47. The zero-order valence-electron chi connectivity index (χ0n) is 10.3. The molecule has 104 valence electrons. The molecule has 0 fully saturated rings. The third-order valence-electron chi connectivity index (χ3n) is 2.49. The van der Waals surface area contributed by atoms with Crippen LogP contribution in [0.25, 0.3) is 0 Å². The third-order valence-corrected chi connectivity index (χ3v) is 2.92. The minimum Gasteiger partial charge on any atom is -0.480 e. The number of aliphatic carboxylic acids is 1. The van der Waals surface area contributed by atoms with E-state index in [2.05, 4.69) is 26.2 Å². The Hall–Kier alpha value is -1.70. The van der Waals surface area contributed by atoms with Crippen molar-refractivity contribution in [3.63, 3.8) is 0 Å². The Balaban J connectivity index is 2.95. The number of nitro groups is 1. The molecule has 2 N–H and O–H groups in total. The SMILES string of the molecule is CCCCC(Nc1ncc(Br)cc1[N+](=O)[O-])C(=O)O. The summed E-state index contributed by atoms with van der Waals surface area (Å²) in [7, 11) is 0. The molecule has 1 rings (SSSR count). The Kier molecular flexibility index (Phi) is 5.68. The van der Waals surface area contributed by atoms with Gasteiger partial charge in [0.25, 0.3) is 0 Å². The van der Waals surface area contributed by atoms with Gasteiger partial charge in [-0.2, -0.15) is 0 Å². The summed E-state index contributed by atoms with van der Waals surface area (Å²) in [6.45, 7) is 1.94. The van der Waals surface area contributed by atoms with Gasteiger partial charge < -0.3 is 10.4 Å². The molecular weight excluding hydrogens is 318 g/mol. The standard InChI is InChI=1S/C11H14BrN3O4/c1-2-3-4-8(11(16)17)14-10-9(15(18)19)5-7(12)6-13-10/h5-6,8H,2-4H2,1H3,(H,13,14)(H,16,17). The summed E-state index contributed by atoms with van der Waals surface area (Å²) in [5.41, 5.74) is -0.253. The Labute approximate surface area is 118 Å². The van der Waals surface area contributed by atoms with Gasteiger partial charge in [0.1, 0.15) is 6.04 Å². The number of halogens is 1. The van der Waals surface area contributed by atoms with E-state index in [0.717, 1.165) is 6.42 Å². The van der Waals surface area contributed by atoms with Crippen molar-refractivity contribution in [1.29, 1.82) is 0 Å². The van der Waals surface area contributed by atoms with E-state index in [1.165, 1.54) is 12.3 Å². The summed E-state index contributed by atoms with van der Waals surface area (Å²) in [6.07, 6.45) is 3.34. The maximum atomic E-state index is 11.1. The van der Waals surface area contributed by atoms with Crippen LogP contribution in [-0.4, -0.2) is 27.0 Å². The number of carbonyl (C=O) groups is 1. The number of rotatable bonds is 7. The van der Waals surface area contributed by atoms with Crippen LogP contribution in [0.4, 0.5) is 11.5 Å². The number of anilines is 1. The lowest BCUT2D eigenvalue weighted by Gasteiger charge is -2.14. The first-order valence-electron chi connectivity index (χ1n) is 5.75. The normalized spacial score (nSPS) is 11.9. The van der Waals surface area contributed by atoms with Crippen LogP contribution in [0.2, 0.25) is 0 Å². The number of carboxylic acids is 1. The maximum absolute atomic E-state index is 11.1. The van der Waals surface area contributed by atoms with Crippen LogP contribution < -0.4 is 5.32 Å². The topological polar surface area (TPSA) is 105 Å². The zero-order valence-corrected chi connectivity index (χ0v) is 11.9. The van der Waals surface area contributed by atoms with E-state index < -0.39 is 16.9 Å². The number of hydrogen-bond acceptors (Lipinski definition) is 5. The molecule has 0 aromatic carbocycles. The van der Waals surface area contributed by atoms with Crippen molar-refractivity contribution < 1.29 is 14.8 Å². The summed E-state index contributed by atoms with van der Waals surface area (Å²) >= 11 is 3.09. The lowest BCUT2D eigenvalue weighted by atomic mass is 10.1. The van der Waals surface area contributed by atoms with Gasteiger partial charge in [0, 0.05) is 16.7 Å². The first kappa shape index (κ1) is 15.4. The van der Waals surface area contributed by atoms with Gasteiger partial charge in [-0.05, 0) is 22.4 Å². The molecule has 0 bridgehead atoms. The minimum atomic E-state index is -1.05. The van der Waals surface area contributed by atoms with Crippen molar-refractivity contribution in [1.82, 2.24) is 4.98 Å². The summed E-state index contributed by atoms with van der Waals surface area (Å²) in [5.74, 6) is -1.08. The minimum absolute atomic E-state index is 0.0308. The summed E-state index contributed by atoms with van der Waals surface area (Å²) < 4.78 is 0.463. The average Bonchev–Trinajstić information content (AvgIpc) is 2.35. The summed E-state index contributed by atoms with van der Waals surface area (Å²) in [5, 5.41) is 22.6. The first-order chi connectivity index (χ1) is 8.95. The Bertz CT molecular complexity index is 481. The largest absolute Gasteiger partial charge is 0.480 e. The molecule has 0 aliphatic heterocycles. The number of pyridine rings is 1. The Morgan fingerprint density at radius 2 is 2.37 bits per heavy atom. The van der Waals surface area contributed by atoms with Crippen molar-refractivity contribution in [2.75, 3.05) is 5.32 Å². The Morgan fingerprint density at radius 3 is 2.89 bits per heavy atom. The molecule has 7 nitrogen and oxygen atoms in total. The van der Waals surface area contributed by atoms with E-state index in [9.17, 15) is 14.9 Å². The lowest BCUT2D eigenvalue weighted by Crippen LogP contribution is -2.29. The molecule has 0 saturated heterocycles. The predicted octanol–water partition coefficient (Wildman–Crippen LogP) is 2.81. The summed E-state index contributed by atoms with van der Waals surface area (Å²) in [4.78, 5) is 25.3. The molecule has 1 atom stereocenters. The molecule has 8 heteroatoms. The van der Waals surface area contributed by atoms with Crippen molar-refractivity contribution in [2.45, 2.75) is 32.2 Å². The molecule has 0 radical (unpaired) electrons. The molecule has 1 aromatic rings. The number of hydrogen-bond donors (Lipinski definition) is 2. The highest BCUT2D eigenvalue weighted by Crippen LogP contribution is 2.26. The monoisotopic (exact) mass is 331 g/mol. The highest BCUT2D eigenvalue weighted by molar-refractivity contribution is 9.10. The maximum Gasteiger partial charge on any atom is 0.326 e. The van der Waals surface area contributed by atoms with Gasteiger partial charge in [0.05, 0.1) is 4.92 Å². The first-order valence-corrected chi connectivity index (χ1v) is 6.54. The van der Waals surface area contributed by atoms with E-state index in [-0.39, 0.29) is 11.5 Å². The van der Waals surface area contributed by atoms with Gasteiger partial charge in [0.2, 0.25) is 5.82 Å². The van der Waals surface area contributed by atoms with E-state index in [4.69, 9.17) is 5.11 Å². The molecular formula is C11H14BrN3O4. The van der Waals surface area contributed by atoms with E-state index in [1.54, 1.807) is 0 Å². The molecule has 1 unspecified atom stereocenters. The average molecular weight is 332 g/mol. The zero-order chi connectivity index (χ0) is 14.4. The van der Waals surface area contributed by atoms with Crippen molar-refractivity contribution in [3.8, 4) is 0 Å². The van der Waals surface area contributed by atoms with Gasteiger partial charge in [-0.25, -0.2) is 9.78 Å². The molecule has 0 aliphatic carbocycles. The van der Waals surface area contributed by atoms with E-state index >= 15 is 0 Å². The molecule has 19 heavy (non-hydrogen) atoms. The Morgan fingerprint density at radius 1 is 1.68 bits per heavy atom. The highest BCUT2D eigenvalue weighted by atomic mass is 79.9. The van der Waals surface area contributed by atoms with Gasteiger partial charge >= 0.3 is 11.7 Å². The van der Waals surface area contributed by atoms with Crippen LogP contribution in [0.3, 0.4) is 0 Å². The van der Waals surface area contributed by atoms with Gasteiger partial charge in [0.15, 0.2) is 0 Å². The number of unbranched alkanes of at least 4 members (excludes halogenated alkanes) is 1. The van der Waals surface area contributed by atoms with Crippen molar-refractivity contribution in [3.05, 3.63) is 26.9 Å². The van der Waals surface area contributed by atoms with Gasteiger partial charge in [-0.15, -0.1) is 0 Å². The number of nitrogens with zero attached hydrogens (tertiary/aromatic N) is 2. The number of aromatic nitrogens is 1. The molecule has 1 heterocycles. The van der Waals surface area contributed by atoms with Gasteiger partial charge in [-0.1, -0.05) is 19.8 Å². The molecule has 1 aromatic heterocycles. The smallest absolute Gasteiger partial charge is 0.326 e. The van der Waals surface area contributed by atoms with Crippen molar-refractivity contribution in [2.24, 2.45) is 0 Å². The molecule has 0 amide bonds. The second-order valence-corrected chi connectivity index (χ2v) is 4.87. The fourth-order valence-corrected chi connectivity index (χ4v) is 1.83. The van der Waals surface area contributed by atoms with Crippen LogP contribution in [0, 0.1) is 10.1 Å². The second kappa shape index (κ2) is 7.03.